The lowest BCUT2D eigenvalue weighted by Gasteiger charge is -2.41. The molecule has 13 heteroatoms. The van der Waals surface area contributed by atoms with Crippen molar-refractivity contribution in [1.82, 2.24) is 0 Å². The van der Waals surface area contributed by atoms with E-state index >= 15 is 0 Å². The Morgan fingerprint density at radius 3 is 1.80 bits per heavy atom. The van der Waals surface area contributed by atoms with E-state index in [2.05, 4.69) is 78.8 Å². The smallest absolute Gasteiger partial charge is 0.397 e. The molecule has 0 spiro atoms. The Morgan fingerprint density at radius 1 is 0.696 bits per heavy atom. The summed E-state index contributed by atoms with van der Waals surface area (Å²) in [4.78, 5) is 12.7. The van der Waals surface area contributed by atoms with E-state index in [0.29, 0.717) is 13.0 Å². The van der Waals surface area contributed by atoms with E-state index in [0.717, 1.165) is 83.5 Å². The Labute approximate surface area is 338 Å². The summed E-state index contributed by atoms with van der Waals surface area (Å²) in [5.41, 5.74) is 0. The first-order valence-corrected chi connectivity index (χ1v) is 22.4. The molecule has 0 radical (unpaired) electrons. The minimum atomic E-state index is -5.06. The van der Waals surface area contributed by atoms with Gasteiger partial charge in [0.15, 0.2) is 6.29 Å². The second-order valence-corrected chi connectivity index (χ2v) is 15.3. The van der Waals surface area contributed by atoms with Crippen LogP contribution in [0.1, 0.15) is 142 Å². The molecule has 0 aliphatic carbocycles. The topological polar surface area (TPSA) is 178 Å². The van der Waals surface area contributed by atoms with Crippen LogP contribution < -0.4 is 0 Å². The largest absolute Gasteiger partial charge is 0.457 e. The number of esters is 1. The van der Waals surface area contributed by atoms with Crippen LogP contribution in [0.2, 0.25) is 0 Å². The van der Waals surface area contributed by atoms with Crippen LogP contribution in [0.3, 0.4) is 0 Å². The second kappa shape index (κ2) is 34.8. The molecule has 1 aliphatic heterocycles. The van der Waals surface area contributed by atoms with Crippen LogP contribution in [-0.2, 0) is 38.3 Å². The lowest BCUT2D eigenvalue weighted by atomic mass is 9.99. The maximum absolute atomic E-state index is 12.7. The number of aliphatic hydroxyl groups is 3. The Kier molecular flexibility index (Phi) is 32.2. The lowest BCUT2D eigenvalue weighted by molar-refractivity contribution is -0.301. The third-order valence-corrected chi connectivity index (χ3v) is 9.62. The van der Waals surface area contributed by atoms with Crippen LogP contribution >= 0.6 is 0 Å². The van der Waals surface area contributed by atoms with Gasteiger partial charge in [0.1, 0.15) is 30.5 Å². The molecule has 1 rings (SSSR count). The van der Waals surface area contributed by atoms with E-state index in [1.165, 1.54) is 32.1 Å². The molecule has 1 fully saturated rings. The summed E-state index contributed by atoms with van der Waals surface area (Å²) in [6.07, 6.45) is 32.7. The number of allylic oxidation sites excluding steroid dienone is 10. The summed E-state index contributed by atoms with van der Waals surface area (Å²) in [6, 6.07) is 0. The highest BCUT2D eigenvalue weighted by molar-refractivity contribution is 7.80. The third kappa shape index (κ3) is 28.2. The maximum atomic E-state index is 12.7. The molecule has 6 atom stereocenters. The summed E-state index contributed by atoms with van der Waals surface area (Å²) in [5.74, 6) is -0.415. The summed E-state index contributed by atoms with van der Waals surface area (Å²) in [7, 11) is -5.06. The van der Waals surface area contributed by atoms with Crippen molar-refractivity contribution in [1.29, 1.82) is 0 Å². The Balaban J connectivity index is 2.44. The number of hydrogen-bond donors (Lipinski definition) is 4. The van der Waals surface area contributed by atoms with E-state index < -0.39 is 59.8 Å². The van der Waals surface area contributed by atoms with Crippen LogP contribution in [0.4, 0.5) is 0 Å². The fraction of sp³-hybridized carbons (Fsp3) is 0.744. The highest BCUT2D eigenvalue weighted by Crippen LogP contribution is 2.26. The number of rotatable bonds is 35. The molecular weight excluding hydrogens is 741 g/mol. The Hall–Kier alpha value is -2.20. The number of unbranched alkanes of at least 4 members (excludes halogenated alkanes) is 12. The number of aliphatic hydroxyl groups excluding tert-OH is 3. The first kappa shape index (κ1) is 51.8. The number of carbonyl (C=O) groups is 1. The molecule has 1 aliphatic rings. The van der Waals surface area contributed by atoms with Crippen LogP contribution in [0.5, 0.6) is 0 Å². The molecule has 12 nitrogen and oxygen atoms in total. The van der Waals surface area contributed by atoms with Crippen molar-refractivity contribution in [2.75, 3.05) is 26.4 Å². The second-order valence-electron chi connectivity index (χ2n) is 14.2. The van der Waals surface area contributed by atoms with Crippen molar-refractivity contribution in [3.05, 3.63) is 60.8 Å². The Morgan fingerprint density at radius 2 is 1.23 bits per heavy atom. The van der Waals surface area contributed by atoms with Crippen molar-refractivity contribution in [3.8, 4) is 0 Å². The summed E-state index contributed by atoms with van der Waals surface area (Å²) < 4.78 is 58.8. The van der Waals surface area contributed by atoms with Gasteiger partial charge in [0.25, 0.3) is 0 Å². The van der Waals surface area contributed by atoms with Gasteiger partial charge in [-0.3, -0.25) is 9.35 Å². The van der Waals surface area contributed by atoms with E-state index in [4.69, 9.17) is 23.5 Å². The van der Waals surface area contributed by atoms with Gasteiger partial charge in [0.2, 0.25) is 0 Å². The number of hydrogen-bond acceptors (Lipinski definition) is 11. The van der Waals surface area contributed by atoms with E-state index in [-0.39, 0.29) is 19.6 Å². The van der Waals surface area contributed by atoms with Gasteiger partial charge in [0.05, 0.1) is 19.8 Å². The molecule has 56 heavy (non-hydrogen) atoms. The van der Waals surface area contributed by atoms with Crippen molar-refractivity contribution in [2.24, 2.45) is 0 Å². The molecular formula is C43H74O12S. The van der Waals surface area contributed by atoms with Crippen molar-refractivity contribution < 1.29 is 56.2 Å². The fourth-order valence-corrected chi connectivity index (χ4v) is 6.50. The van der Waals surface area contributed by atoms with Crippen LogP contribution in [-0.4, -0.2) is 97.5 Å². The van der Waals surface area contributed by atoms with Gasteiger partial charge in [-0.15, -0.1) is 0 Å². The van der Waals surface area contributed by atoms with Gasteiger partial charge in [-0.1, -0.05) is 139 Å². The van der Waals surface area contributed by atoms with Crippen molar-refractivity contribution in [2.45, 2.75) is 179 Å². The molecule has 0 saturated carbocycles. The van der Waals surface area contributed by atoms with Gasteiger partial charge in [0, 0.05) is 13.0 Å². The molecule has 0 amide bonds. The predicted octanol–water partition coefficient (Wildman–Crippen LogP) is 8.18. The average molecular weight is 815 g/mol. The number of carbonyl (C=O) groups excluding carboxylic acids is 1. The average Bonchev–Trinajstić information content (AvgIpc) is 3.17. The van der Waals surface area contributed by atoms with Gasteiger partial charge in [-0.05, 0) is 57.8 Å². The van der Waals surface area contributed by atoms with Crippen molar-refractivity contribution >= 4 is 16.4 Å². The standard InChI is InChI=1S/C43H74O12S/c1-3-5-7-9-11-13-14-15-16-17-18-19-20-21-22-23-25-27-29-31-33-51-35-37(53-39(45)32-30-28-26-24-12-10-8-6-4-2)36-52-43-41(47)42(55-56(48,49)50)40(46)38(34-44)54-43/h5,7,11,13,15-16,18-19,21-22,37-38,40-44,46-47H,3-4,6,8-10,12,14,17,20,23-36H2,1-2H3,(H,48,49,50)/b7-5-,13-11-,16-15-,19-18-,22-21-. The molecule has 4 N–H and O–H groups in total. The van der Waals surface area contributed by atoms with Gasteiger partial charge >= 0.3 is 16.4 Å². The molecule has 6 unspecified atom stereocenters. The summed E-state index contributed by atoms with van der Waals surface area (Å²) in [6.45, 7) is 3.76. The first-order valence-electron chi connectivity index (χ1n) is 21.0. The van der Waals surface area contributed by atoms with E-state index in [1.54, 1.807) is 0 Å². The van der Waals surface area contributed by atoms with Crippen LogP contribution in [0, 0.1) is 0 Å². The summed E-state index contributed by atoms with van der Waals surface area (Å²) >= 11 is 0. The molecule has 0 aromatic carbocycles. The van der Waals surface area contributed by atoms with Crippen LogP contribution in [0.25, 0.3) is 0 Å². The molecule has 1 heterocycles. The van der Waals surface area contributed by atoms with Crippen LogP contribution in [0.15, 0.2) is 60.8 Å². The summed E-state index contributed by atoms with van der Waals surface area (Å²) in [5, 5.41) is 30.6. The van der Waals surface area contributed by atoms with Gasteiger partial charge in [-0.25, -0.2) is 4.18 Å². The minimum absolute atomic E-state index is 0.0172. The lowest BCUT2D eigenvalue weighted by Crippen LogP contribution is -2.60. The zero-order chi connectivity index (χ0) is 41.1. The molecule has 0 bridgehead atoms. The van der Waals surface area contributed by atoms with E-state index in [9.17, 15) is 28.5 Å². The SMILES string of the molecule is CC/C=C\C/C=C\C/C=C\C/C=C\C/C=C\CCCCCCOCC(COC1OC(CO)C(O)C(OS(=O)(=O)O)C1O)OC(=O)CCCCCCCCCCC. The highest BCUT2D eigenvalue weighted by atomic mass is 32.3. The third-order valence-electron chi connectivity index (χ3n) is 9.15. The highest BCUT2D eigenvalue weighted by Gasteiger charge is 2.48. The van der Waals surface area contributed by atoms with Crippen molar-refractivity contribution in [3.63, 3.8) is 0 Å². The predicted molar refractivity (Wildman–Crippen MR) is 220 cm³/mol. The zero-order valence-electron chi connectivity index (χ0n) is 34.2. The molecule has 0 aromatic heterocycles. The maximum Gasteiger partial charge on any atom is 0.397 e. The van der Waals surface area contributed by atoms with E-state index in [1.807, 2.05) is 0 Å². The Bertz CT molecular complexity index is 1220. The first-order chi connectivity index (χ1) is 27.1. The monoisotopic (exact) mass is 814 g/mol. The van der Waals surface area contributed by atoms with Gasteiger partial charge < -0.3 is 34.3 Å². The molecule has 324 valence electrons. The van der Waals surface area contributed by atoms with Gasteiger partial charge in [-0.2, -0.15) is 8.42 Å². The normalized spacial score (nSPS) is 21.4. The number of ether oxygens (including phenoxy) is 4. The zero-order valence-corrected chi connectivity index (χ0v) is 35.0. The quantitative estimate of drug-likeness (QED) is 0.0209. The molecule has 0 aromatic rings. The molecule has 1 saturated heterocycles. The minimum Gasteiger partial charge on any atom is -0.457 e. The fourth-order valence-electron chi connectivity index (χ4n) is 5.99.